The van der Waals surface area contributed by atoms with E-state index in [-0.39, 0.29) is 11.6 Å². The molecule has 0 saturated carbocycles. The van der Waals surface area contributed by atoms with Gasteiger partial charge in [0, 0.05) is 17.7 Å². The van der Waals surface area contributed by atoms with Crippen LogP contribution in [0.5, 0.6) is 0 Å². The molecule has 9 heteroatoms. The van der Waals surface area contributed by atoms with E-state index in [4.69, 9.17) is 4.74 Å². The molecule has 0 bridgehead atoms. The lowest BCUT2D eigenvalue weighted by Crippen LogP contribution is -2.27. The Kier molecular flexibility index (Phi) is 4.06. The molecule has 1 aromatic heterocycles. The molecule has 0 saturated heterocycles. The number of non-ortho nitro benzene ring substituents is 1. The second-order valence-corrected chi connectivity index (χ2v) is 5.44. The summed E-state index contributed by atoms with van der Waals surface area (Å²) in [6.07, 6.45) is -0.665. The molecule has 0 aliphatic heterocycles. The fraction of sp³-hybridized carbons (Fsp3) is 0.308. The maximum absolute atomic E-state index is 11.6. The number of benzene rings is 1. The Balaban J connectivity index is 2.08. The molecule has 1 heterocycles. The maximum atomic E-state index is 11.6. The average Bonchev–Trinajstić information content (AvgIpc) is 2.85. The van der Waals surface area contributed by atoms with Crippen LogP contribution in [0.1, 0.15) is 20.8 Å². The van der Waals surface area contributed by atoms with Gasteiger partial charge in [-0.15, -0.1) is 5.10 Å². The van der Waals surface area contributed by atoms with E-state index in [0.29, 0.717) is 11.4 Å². The third-order valence-electron chi connectivity index (χ3n) is 2.45. The van der Waals surface area contributed by atoms with Gasteiger partial charge >= 0.3 is 6.09 Å². The molecule has 0 fully saturated rings. The summed E-state index contributed by atoms with van der Waals surface area (Å²) in [7, 11) is 0. The monoisotopic (exact) mass is 305 g/mol. The van der Waals surface area contributed by atoms with Crippen molar-refractivity contribution in [3.05, 3.63) is 34.4 Å². The standard InChI is InChI=1S/C13H15N5O4/c1-13(2,3)22-12(19)15-11-14-10(16-17-11)8-4-6-9(7-5-8)18(20)21/h4-7H,1-3H3,(H2,14,15,16,17,19). The van der Waals surface area contributed by atoms with E-state index in [1.165, 1.54) is 24.3 Å². The van der Waals surface area contributed by atoms with Gasteiger partial charge in [0.05, 0.1) is 4.92 Å². The van der Waals surface area contributed by atoms with Crippen LogP contribution in [-0.2, 0) is 4.74 Å². The fourth-order valence-corrected chi connectivity index (χ4v) is 1.58. The molecule has 2 rings (SSSR count). The van der Waals surface area contributed by atoms with Crippen molar-refractivity contribution in [3.63, 3.8) is 0 Å². The summed E-state index contributed by atoms with van der Waals surface area (Å²) in [6.45, 7) is 5.23. The largest absolute Gasteiger partial charge is 0.444 e. The number of aromatic amines is 1. The summed E-state index contributed by atoms with van der Waals surface area (Å²) in [5.41, 5.74) is -0.0348. The van der Waals surface area contributed by atoms with Gasteiger partial charge in [0.1, 0.15) is 5.60 Å². The molecule has 0 radical (unpaired) electrons. The van der Waals surface area contributed by atoms with Crippen LogP contribution in [0.3, 0.4) is 0 Å². The summed E-state index contributed by atoms with van der Waals surface area (Å²) in [4.78, 5) is 25.8. The number of hydrogen-bond acceptors (Lipinski definition) is 6. The van der Waals surface area contributed by atoms with Gasteiger partial charge < -0.3 is 4.74 Å². The molecule has 2 aromatic rings. The second-order valence-electron chi connectivity index (χ2n) is 5.44. The van der Waals surface area contributed by atoms with Crippen LogP contribution < -0.4 is 5.32 Å². The number of amides is 1. The number of nitrogens with zero attached hydrogens (tertiary/aromatic N) is 3. The molecule has 0 spiro atoms. The van der Waals surface area contributed by atoms with E-state index in [1.807, 2.05) is 0 Å². The zero-order valence-corrected chi connectivity index (χ0v) is 12.3. The molecule has 116 valence electrons. The lowest BCUT2D eigenvalue weighted by atomic mass is 10.2. The molecular formula is C13H15N5O4. The molecule has 1 aromatic carbocycles. The van der Waals surface area contributed by atoms with Crippen LogP contribution in [0.2, 0.25) is 0 Å². The highest BCUT2D eigenvalue weighted by atomic mass is 16.6. The van der Waals surface area contributed by atoms with Crippen LogP contribution in [0.15, 0.2) is 24.3 Å². The first-order chi connectivity index (χ1) is 10.2. The molecule has 2 N–H and O–H groups in total. The Labute approximate surface area is 125 Å². The summed E-state index contributed by atoms with van der Waals surface area (Å²) in [5.74, 6) is 0.434. The molecule has 0 aliphatic rings. The van der Waals surface area contributed by atoms with Gasteiger partial charge in [-0.1, -0.05) is 0 Å². The predicted molar refractivity (Wildman–Crippen MR) is 78.3 cm³/mol. The molecule has 1 amide bonds. The maximum Gasteiger partial charge on any atom is 0.414 e. The molecular weight excluding hydrogens is 290 g/mol. The second kappa shape index (κ2) is 5.80. The molecule has 0 aliphatic carbocycles. The van der Waals surface area contributed by atoms with E-state index in [2.05, 4.69) is 20.5 Å². The van der Waals surface area contributed by atoms with Crippen molar-refractivity contribution >= 4 is 17.7 Å². The van der Waals surface area contributed by atoms with Gasteiger partial charge in [-0.25, -0.2) is 4.79 Å². The van der Waals surface area contributed by atoms with E-state index in [0.717, 1.165) is 0 Å². The van der Waals surface area contributed by atoms with Crippen molar-refractivity contribution in [3.8, 4) is 11.4 Å². The van der Waals surface area contributed by atoms with Crippen molar-refractivity contribution in [1.82, 2.24) is 15.2 Å². The number of rotatable bonds is 3. The number of hydrogen-bond donors (Lipinski definition) is 2. The van der Waals surface area contributed by atoms with Gasteiger partial charge in [-0.05, 0) is 32.9 Å². The van der Waals surface area contributed by atoms with Crippen molar-refractivity contribution in [2.24, 2.45) is 0 Å². The lowest BCUT2D eigenvalue weighted by molar-refractivity contribution is -0.384. The molecule has 0 atom stereocenters. The topological polar surface area (TPSA) is 123 Å². The van der Waals surface area contributed by atoms with Crippen molar-refractivity contribution in [1.29, 1.82) is 0 Å². The van der Waals surface area contributed by atoms with Crippen molar-refractivity contribution in [2.45, 2.75) is 26.4 Å². The number of anilines is 1. The van der Waals surface area contributed by atoms with Crippen molar-refractivity contribution in [2.75, 3.05) is 5.32 Å². The normalized spacial score (nSPS) is 11.0. The van der Waals surface area contributed by atoms with E-state index < -0.39 is 16.6 Å². The summed E-state index contributed by atoms with van der Waals surface area (Å²) < 4.78 is 5.08. The van der Waals surface area contributed by atoms with Gasteiger partial charge in [-0.2, -0.15) is 4.98 Å². The van der Waals surface area contributed by atoms with E-state index >= 15 is 0 Å². The summed E-state index contributed by atoms with van der Waals surface area (Å²) in [5, 5.41) is 19.5. The molecule has 22 heavy (non-hydrogen) atoms. The van der Waals surface area contributed by atoms with Crippen LogP contribution >= 0.6 is 0 Å². The highest BCUT2D eigenvalue weighted by Crippen LogP contribution is 2.20. The Hall–Kier alpha value is -2.97. The SMILES string of the molecule is CC(C)(C)OC(=O)Nc1n[nH]c(-c2ccc([N+](=O)[O-])cc2)n1. The Bertz CT molecular complexity index is 687. The lowest BCUT2D eigenvalue weighted by Gasteiger charge is -2.18. The van der Waals surface area contributed by atoms with Crippen LogP contribution in [0, 0.1) is 10.1 Å². The summed E-state index contributed by atoms with van der Waals surface area (Å²) >= 11 is 0. The first-order valence-corrected chi connectivity index (χ1v) is 6.42. The van der Waals surface area contributed by atoms with Crippen LogP contribution in [0.25, 0.3) is 11.4 Å². The van der Waals surface area contributed by atoms with Gasteiger partial charge in [0.15, 0.2) is 5.82 Å². The van der Waals surface area contributed by atoms with E-state index in [9.17, 15) is 14.9 Å². The number of nitro groups is 1. The first kappa shape index (κ1) is 15.4. The number of nitrogens with one attached hydrogen (secondary N) is 2. The van der Waals surface area contributed by atoms with E-state index in [1.54, 1.807) is 20.8 Å². The number of carbonyl (C=O) groups is 1. The third-order valence-corrected chi connectivity index (χ3v) is 2.45. The highest BCUT2D eigenvalue weighted by Gasteiger charge is 2.18. The minimum Gasteiger partial charge on any atom is -0.444 e. The number of aromatic nitrogens is 3. The number of nitro benzene ring substituents is 1. The van der Waals surface area contributed by atoms with Crippen LogP contribution in [-0.4, -0.2) is 31.8 Å². The quantitative estimate of drug-likeness (QED) is 0.663. The Morgan fingerprint density at radius 2 is 1.95 bits per heavy atom. The predicted octanol–water partition coefficient (Wildman–Crippen LogP) is 2.73. The third kappa shape index (κ3) is 4.01. The number of ether oxygens (including phenoxy) is 1. The minimum absolute atomic E-state index is 0.0182. The minimum atomic E-state index is -0.665. The zero-order valence-electron chi connectivity index (χ0n) is 12.3. The van der Waals surface area contributed by atoms with Crippen LogP contribution in [0.4, 0.5) is 16.4 Å². The highest BCUT2D eigenvalue weighted by molar-refractivity contribution is 5.82. The average molecular weight is 305 g/mol. The summed E-state index contributed by atoms with van der Waals surface area (Å²) in [6, 6.07) is 5.80. The van der Waals surface area contributed by atoms with Crippen molar-refractivity contribution < 1.29 is 14.5 Å². The molecule has 0 unspecified atom stereocenters. The smallest absolute Gasteiger partial charge is 0.414 e. The number of H-pyrrole nitrogens is 1. The zero-order chi connectivity index (χ0) is 16.3. The fourth-order valence-electron chi connectivity index (χ4n) is 1.58. The van der Waals surface area contributed by atoms with Gasteiger partial charge in [-0.3, -0.25) is 20.5 Å². The number of carbonyl (C=O) groups excluding carboxylic acids is 1. The van der Waals surface area contributed by atoms with Gasteiger partial charge in [0.25, 0.3) is 11.6 Å². The van der Waals surface area contributed by atoms with Gasteiger partial charge in [0.2, 0.25) is 0 Å². The Morgan fingerprint density at radius 3 is 2.50 bits per heavy atom. The first-order valence-electron chi connectivity index (χ1n) is 6.42. The molecule has 9 nitrogen and oxygen atoms in total. The Morgan fingerprint density at radius 1 is 1.32 bits per heavy atom.